The minimum absolute atomic E-state index is 0.0160. The van der Waals surface area contributed by atoms with Crippen molar-refractivity contribution in [2.75, 3.05) is 11.1 Å². The lowest BCUT2D eigenvalue weighted by molar-refractivity contribution is -0.136. The van der Waals surface area contributed by atoms with Gasteiger partial charge in [-0.2, -0.15) is 8.78 Å². The van der Waals surface area contributed by atoms with Gasteiger partial charge >= 0.3 is 6.61 Å². The van der Waals surface area contributed by atoms with Crippen LogP contribution in [0.5, 0.6) is 5.75 Å². The van der Waals surface area contributed by atoms with Crippen LogP contribution in [0.15, 0.2) is 54.6 Å². The van der Waals surface area contributed by atoms with Crippen LogP contribution < -0.4 is 10.1 Å². The van der Waals surface area contributed by atoms with E-state index in [0.29, 0.717) is 24.3 Å². The summed E-state index contributed by atoms with van der Waals surface area (Å²) in [5, 5.41) is 2.78. The highest BCUT2D eigenvalue weighted by Gasteiger charge is 2.56. The van der Waals surface area contributed by atoms with Crippen molar-refractivity contribution in [3.8, 4) is 5.75 Å². The van der Waals surface area contributed by atoms with E-state index in [1.165, 1.54) is 24.3 Å². The molecule has 0 aliphatic carbocycles. The van der Waals surface area contributed by atoms with E-state index in [9.17, 15) is 18.4 Å². The molecule has 2 aromatic rings. The Kier molecular flexibility index (Phi) is 4.97. The van der Waals surface area contributed by atoms with E-state index < -0.39 is 17.5 Å². The van der Waals surface area contributed by atoms with Crippen molar-refractivity contribution in [2.45, 2.75) is 30.4 Å². The molecule has 28 heavy (non-hydrogen) atoms. The van der Waals surface area contributed by atoms with Crippen molar-refractivity contribution in [2.24, 2.45) is 0 Å². The van der Waals surface area contributed by atoms with E-state index in [1.54, 1.807) is 16.7 Å². The fourth-order valence-electron chi connectivity index (χ4n) is 3.78. The number of halogens is 2. The van der Waals surface area contributed by atoms with Crippen molar-refractivity contribution in [1.82, 2.24) is 4.90 Å². The van der Waals surface area contributed by atoms with Gasteiger partial charge in [-0.25, -0.2) is 0 Å². The third-order valence-corrected chi connectivity index (χ3v) is 6.60. The molecular weight excluding hydrogens is 386 g/mol. The summed E-state index contributed by atoms with van der Waals surface area (Å²) in [5.74, 6) is 0.194. The molecule has 2 aliphatic heterocycles. The van der Waals surface area contributed by atoms with Crippen LogP contribution in [0.2, 0.25) is 0 Å². The zero-order chi connectivity index (χ0) is 19.7. The Labute approximate surface area is 165 Å². The van der Waals surface area contributed by atoms with Gasteiger partial charge in [-0.3, -0.25) is 9.59 Å². The van der Waals surface area contributed by atoms with E-state index in [-0.39, 0.29) is 17.6 Å². The number of carbonyl (C=O) groups is 2. The highest BCUT2D eigenvalue weighted by molar-refractivity contribution is 8.00. The van der Waals surface area contributed by atoms with Gasteiger partial charge in [0.25, 0.3) is 0 Å². The Balaban J connectivity index is 1.52. The molecule has 8 heteroatoms. The quantitative estimate of drug-likeness (QED) is 0.823. The van der Waals surface area contributed by atoms with Gasteiger partial charge in [-0.15, -0.1) is 11.8 Å². The summed E-state index contributed by atoms with van der Waals surface area (Å²) in [6.07, 6.45) is 1.08. The van der Waals surface area contributed by atoms with Crippen molar-refractivity contribution in [3.63, 3.8) is 0 Å². The SMILES string of the molecule is O=C(Nc1ccc(OC(F)F)cc1)[C@@H]1CS[C@]2(c3ccccc3)CCC(=O)N12. The maximum atomic E-state index is 12.9. The van der Waals surface area contributed by atoms with Gasteiger partial charge in [-0.05, 0) is 36.2 Å². The van der Waals surface area contributed by atoms with Crippen LogP contribution in [-0.2, 0) is 14.5 Å². The summed E-state index contributed by atoms with van der Waals surface area (Å²) in [5.41, 5.74) is 1.48. The molecule has 1 N–H and O–H groups in total. The molecule has 2 atom stereocenters. The lowest BCUT2D eigenvalue weighted by Gasteiger charge is -2.34. The number of hydrogen-bond acceptors (Lipinski definition) is 4. The monoisotopic (exact) mass is 404 g/mol. The Morgan fingerprint density at radius 1 is 1.18 bits per heavy atom. The maximum absolute atomic E-state index is 12.9. The summed E-state index contributed by atoms with van der Waals surface area (Å²) in [6.45, 7) is -2.90. The summed E-state index contributed by atoms with van der Waals surface area (Å²) < 4.78 is 28.8. The smallest absolute Gasteiger partial charge is 0.387 e. The minimum atomic E-state index is -2.90. The Bertz CT molecular complexity index is 879. The molecule has 2 aromatic carbocycles. The zero-order valence-corrected chi connectivity index (χ0v) is 15.6. The van der Waals surface area contributed by atoms with Gasteiger partial charge in [0.05, 0.1) is 0 Å². The lowest BCUT2D eigenvalue weighted by Crippen LogP contribution is -2.48. The summed E-state index contributed by atoms with van der Waals surface area (Å²) in [4.78, 5) is 26.7. The minimum Gasteiger partial charge on any atom is -0.435 e. The second kappa shape index (κ2) is 7.43. The fraction of sp³-hybridized carbons (Fsp3) is 0.300. The summed E-state index contributed by atoms with van der Waals surface area (Å²) in [7, 11) is 0. The normalized spacial score (nSPS) is 23.8. The number of alkyl halides is 2. The number of amides is 2. The summed E-state index contributed by atoms with van der Waals surface area (Å²) in [6, 6.07) is 14.9. The standard InChI is InChI=1S/C20H18F2N2O3S/c21-19(22)27-15-8-6-14(7-9-15)23-18(26)16-12-28-20(11-10-17(25)24(16)20)13-4-2-1-3-5-13/h1-9,16,19H,10-12H2,(H,23,26)/t16-,20-/m0/s1. The predicted octanol–water partition coefficient (Wildman–Crippen LogP) is 3.82. The van der Waals surface area contributed by atoms with Crippen molar-refractivity contribution in [3.05, 3.63) is 60.2 Å². The molecule has 2 fully saturated rings. The van der Waals surface area contributed by atoms with E-state index in [4.69, 9.17) is 0 Å². The van der Waals surface area contributed by atoms with E-state index >= 15 is 0 Å². The lowest BCUT2D eigenvalue weighted by atomic mass is 10.0. The van der Waals surface area contributed by atoms with Crippen LogP contribution in [0, 0.1) is 0 Å². The van der Waals surface area contributed by atoms with Gasteiger partial charge in [-0.1, -0.05) is 30.3 Å². The number of carbonyl (C=O) groups excluding carboxylic acids is 2. The number of nitrogens with zero attached hydrogens (tertiary/aromatic N) is 1. The molecule has 0 spiro atoms. The average Bonchev–Trinajstić information content (AvgIpc) is 3.23. The van der Waals surface area contributed by atoms with Crippen LogP contribution in [0.1, 0.15) is 18.4 Å². The van der Waals surface area contributed by atoms with Crippen molar-refractivity contribution in [1.29, 1.82) is 0 Å². The highest BCUT2D eigenvalue weighted by Crippen LogP contribution is 2.54. The van der Waals surface area contributed by atoms with E-state index in [2.05, 4.69) is 10.1 Å². The highest BCUT2D eigenvalue weighted by atomic mass is 32.2. The average molecular weight is 404 g/mol. The number of rotatable bonds is 5. The summed E-state index contributed by atoms with van der Waals surface area (Å²) >= 11 is 1.61. The van der Waals surface area contributed by atoms with Crippen LogP contribution >= 0.6 is 11.8 Å². The molecule has 2 amide bonds. The van der Waals surface area contributed by atoms with Crippen molar-refractivity contribution >= 4 is 29.3 Å². The molecule has 2 saturated heterocycles. The van der Waals surface area contributed by atoms with Gasteiger partial charge in [0.15, 0.2) is 0 Å². The van der Waals surface area contributed by atoms with Crippen molar-refractivity contribution < 1.29 is 23.1 Å². The fourth-order valence-corrected chi connectivity index (χ4v) is 5.43. The Hall–Kier alpha value is -2.61. The molecule has 0 saturated carbocycles. The van der Waals surface area contributed by atoms with Gasteiger partial charge in [0.1, 0.15) is 16.7 Å². The van der Waals surface area contributed by atoms with Crippen LogP contribution in [0.25, 0.3) is 0 Å². The first-order valence-electron chi connectivity index (χ1n) is 8.87. The van der Waals surface area contributed by atoms with E-state index in [0.717, 1.165) is 5.56 Å². The van der Waals surface area contributed by atoms with E-state index in [1.807, 2.05) is 30.3 Å². The molecule has 0 unspecified atom stereocenters. The predicted molar refractivity (Wildman–Crippen MR) is 102 cm³/mol. The number of thioether (sulfide) groups is 1. The number of fused-ring (bicyclic) bond motifs is 1. The zero-order valence-electron chi connectivity index (χ0n) is 14.8. The molecule has 2 heterocycles. The molecule has 5 nitrogen and oxygen atoms in total. The van der Waals surface area contributed by atoms with Gasteiger partial charge < -0.3 is 15.0 Å². The third-order valence-electron chi connectivity index (χ3n) is 5.00. The van der Waals surface area contributed by atoms with Crippen LogP contribution in [0.4, 0.5) is 14.5 Å². The third kappa shape index (κ3) is 3.32. The first-order valence-corrected chi connectivity index (χ1v) is 9.85. The maximum Gasteiger partial charge on any atom is 0.387 e. The van der Waals surface area contributed by atoms with Crippen LogP contribution in [0.3, 0.4) is 0 Å². The molecular formula is C20H18F2N2O3S. The van der Waals surface area contributed by atoms with Crippen LogP contribution in [-0.4, -0.2) is 35.1 Å². The first-order chi connectivity index (χ1) is 13.5. The number of ether oxygens (including phenoxy) is 1. The molecule has 146 valence electrons. The second-order valence-electron chi connectivity index (χ2n) is 6.63. The first kappa shape index (κ1) is 18.7. The number of hydrogen-bond donors (Lipinski definition) is 1. The van der Waals surface area contributed by atoms with Gasteiger partial charge in [0, 0.05) is 17.9 Å². The Morgan fingerprint density at radius 2 is 1.89 bits per heavy atom. The molecule has 2 aliphatic rings. The van der Waals surface area contributed by atoms with Gasteiger partial charge in [0.2, 0.25) is 11.8 Å². The second-order valence-corrected chi connectivity index (χ2v) is 7.93. The number of benzene rings is 2. The molecule has 0 aromatic heterocycles. The number of nitrogens with one attached hydrogen (secondary N) is 1. The Morgan fingerprint density at radius 3 is 2.57 bits per heavy atom. The molecule has 0 radical (unpaired) electrons. The molecule has 0 bridgehead atoms. The topological polar surface area (TPSA) is 58.6 Å². The number of anilines is 1. The molecule has 4 rings (SSSR count). The largest absolute Gasteiger partial charge is 0.435 e.